The van der Waals surface area contributed by atoms with Crippen molar-refractivity contribution in [1.82, 2.24) is 5.32 Å². The maximum absolute atomic E-state index is 11.9. The second kappa shape index (κ2) is 8.67. The number of amides is 1. The molecule has 1 saturated carbocycles. The number of carbonyl (C=O) groups is 2. The van der Waals surface area contributed by atoms with Crippen LogP contribution >= 0.6 is 0 Å². The summed E-state index contributed by atoms with van der Waals surface area (Å²) in [5.41, 5.74) is 1.43. The predicted molar refractivity (Wildman–Crippen MR) is 87.0 cm³/mol. The number of hydrogen-bond acceptors (Lipinski definition) is 4. The Morgan fingerprint density at radius 3 is 2.43 bits per heavy atom. The summed E-state index contributed by atoms with van der Waals surface area (Å²) in [6, 6.07) is 7.28. The Morgan fingerprint density at radius 1 is 1.17 bits per heavy atom. The maximum Gasteiger partial charge on any atom is 0.338 e. The Hall–Kier alpha value is -1.88. The van der Waals surface area contributed by atoms with E-state index in [0.29, 0.717) is 12.2 Å². The molecule has 126 valence electrons. The van der Waals surface area contributed by atoms with Crippen LogP contribution in [0.25, 0.3) is 0 Å². The minimum Gasteiger partial charge on any atom is -0.452 e. The molecule has 0 aliphatic heterocycles. The topological polar surface area (TPSA) is 64.6 Å². The highest BCUT2D eigenvalue weighted by molar-refractivity contribution is 5.91. The molecule has 0 unspecified atom stereocenters. The van der Waals surface area contributed by atoms with E-state index in [2.05, 4.69) is 5.32 Å². The van der Waals surface area contributed by atoms with Crippen molar-refractivity contribution in [3.8, 4) is 0 Å². The maximum atomic E-state index is 11.9. The van der Waals surface area contributed by atoms with Crippen molar-refractivity contribution in [2.24, 2.45) is 0 Å². The Morgan fingerprint density at radius 2 is 1.83 bits per heavy atom. The van der Waals surface area contributed by atoms with Crippen molar-refractivity contribution in [3.63, 3.8) is 0 Å². The van der Waals surface area contributed by atoms with Crippen molar-refractivity contribution in [3.05, 3.63) is 35.4 Å². The van der Waals surface area contributed by atoms with Crippen molar-refractivity contribution < 1.29 is 19.1 Å². The zero-order valence-corrected chi connectivity index (χ0v) is 13.8. The lowest BCUT2D eigenvalue weighted by Gasteiger charge is -2.12. The van der Waals surface area contributed by atoms with Crippen LogP contribution in [0, 0.1) is 0 Å². The highest BCUT2D eigenvalue weighted by Gasteiger charge is 2.18. The Labute approximate surface area is 137 Å². The molecule has 1 fully saturated rings. The van der Waals surface area contributed by atoms with Gasteiger partial charge in [-0.2, -0.15) is 0 Å². The number of rotatable bonds is 7. The quantitative estimate of drug-likeness (QED) is 0.785. The Bertz CT molecular complexity index is 518. The second-order valence-electron chi connectivity index (χ2n) is 6.18. The van der Waals surface area contributed by atoms with E-state index < -0.39 is 5.97 Å². The van der Waals surface area contributed by atoms with Crippen LogP contribution in [0.2, 0.25) is 0 Å². The van der Waals surface area contributed by atoms with Gasteiger partial charge in [-0.15, -0.1) is 0 Å². The summed E-state index contributed by atoms with van der Waals surface area (Å²) in [6.07, 6.45) is 4.49. The largest absolute Gasteiger partial charge is 0.452 e. The highest BCUT2D eigenvalue weighted by Crippen LogP contribution is 2.17. The van der Waals surface area contributed by atoms with E-state index >= 15 is 0 Å². The molecule has 0 saturated heterocycles. The van der Waals surface area contributed by atoms with Crippen LogP contribution in [0.4, 0.5) is 0 Å². The fourth-order valence-electron chi connectivity index (χ4n) is 2.55. The summed E-state index contributed by atoms with van der Waals surface area (Å²) < 4.78 is 10.6. The summed E-state index contributed by atoms with van der Waals surface area (Å²) in [5, 5.41) is 2.89. The molecular weight excluding hydrogens is 294 g/mol. The first-order valence-corrected chi connectivity index (χ1v) is 8.21. The van der Waals surface area contributed by atoms with Crippen molar-refractivity contribution in [2.75, 3.05) is 6.61 Å². The van der Waals surface area contributed by atoms with E-state index in [1.807, 2.05) is 26.0 Å². The fraction of sp³-hybridized carbons (Fsp3) is 0.556. The standard InChI is InChI=1S/C18H25NO4/c1-13(2)22-11-14-7-9-15(10-8-14)18(21)23-12-17(20)19-16-5-3-4-6-16/h7-10,13,16H,3-6,11-12H2,1-2H3,(H,19,20). The van der Waals surface area contributed by atoms with Crippen molar-refractivity contribution in [2.45, 2.75) is 58.3 Å². The second-order valence-corrected chi connectivity index (χ2v) is 6.18. The molecule has 5 nitrogen and oxygen atoms in total. The molecule has 0 bridgehead atoms. The third-order valence-electron chi connectivity index (χ3n) is 3.83. The first kappa shape index (κ1) is 17.5. The Balaban J connectivity index is 1.75. The van der Waals surface area contributed by atoms with Gasteiger partial charge in [0.15, 0.2) is 6.61 Å². The van der Waals surface area contributed by atoms with Gasteiger partial charge in [0.05, 0.1) is 18.3 Å². The van der Waals surface area contributed by atoms with Gasteiger partial charge < -0.3 is 14.8 Å². The molecule has 0 atom stereocenters. The van der Waals surface area contributed by atoms with Crippen LogP contribution in [-0.2, 0) is 20.9 Å². The summed E-state index contributed by atoms with van der Waals surface area (Å²) in [5.74, 6) is -0.713. The first-order chi connectivity index (χ1) is 11.0. The van der Waals surface area contributed by atoms with E-state index in [0.717, 1.165) is 31.2 Å². The van der Waals surface area contributed by atoms with Crippen LogP contribution < -0.4 is 5.32 Å². The molecule has 0 heterocycles. The molecule has 1 aliphatic rings. The average Bonchev–Trinajstić information content (AvgIpc) is 3.04. The lowest BCUT2D eigenvalue weighted by Crippen LogP contribution is -2.35. The predicted octanol–water partition coefficient (Wildman–Crippen LogP) is 2.83. The van der Waals surface area contributed by atoms with Gasteiger partial charge in [0, 0.05) is 6.04 Å². The third-order valence-corrected chi connectivity index (χ3v) is 3.83. The fourth-order valence-corrected chi connectivity index (χ4v) is 2.55. The average molecular weight is 319 g/mol. The monoisotopic (exact) mass is 319 g/mol. The third kappa shape index (κ3) is 6.02. The normalized spacial score (nSPS) is 14.9. The minimum absolute atomic E-state index is 0.165. The van der Waals surface area contributed by atoms with E-state index in [1.165, 1.54) is 0 Å². The summed E-state index contributed by atoms with van der Waals surface area (Å²) in [4.78, 5) is 23.7. The zero-order chi connectivity index (χ0) is 16.7. The van der Waals surface area contributed by atoms with Gasteiger partial charge in [0.2, 0.25) is 0 Å². The van der Waals surface area contributed by atoms with E-state index in [4.69, 9.17) is 9.47 Å². The smallest absolute Gasteiger partial charge is 0.338 e. The lowest BCUT2D eigenvalue weighted by molar-refractivity contribution is -0.124. The van der Waals surface area contributed by atoms with Gasteiger partial charge in [-0.05, 0) is 44.4 Å². The summed E-state index contributed by atoms with van der Waals surface area (Å²) in [7, 11) is 0. The SMILES string of the molecule is CC(C)OCc1ccc(C(=O)OCC(=O)NC2CCCC2)cc1. The lowest BCUT2D eigenvalue weighted by atomic mass is 10.1. The molecule has 1 aromatic carbocycles. The molecule has 5 heteroatoms. The number of benzene rings is 1. The minimum atomic E-state index is -0.483. The number of esters is 1. The molecule has 2 rings (SSSR count). The molecule has 1 aromatic rings. The van der Waals surface area contributed by atoms with E-state index in [1.54, 1.807) is 12.1 Å². The molecule has 1 N–H and O–H groups in total. The highest BCUT2D eigenvalue weighted by atomic mass is 16.5. The van der Waals surface area contributed by atoms with Crippen molar-refractivity contribution in [1.29, 1.82) is 0 Å². The number of ether oxygens (including phenoxy) is 2. The molecular formula is C18H25NO4. The molecule has 1 amide bonds. The van der Waals surface area contributed by atoms with E-state index in [-0.39, 0.29) is 24.7 Å². The molecule has 0 spiro atoms. The molecule has 0 radical (unpaired) electrons. The number of hydrogen-bond donors (Lipinski definition) is 1. The zero-order valence-electron chi connectivity index (χ0n) is 13.8. The van der Waals surface area contributed by atoms with Gasteiger partial charge in [0.1, 0.15) is 0 Å². The van der Waals surface area contributed by atoms with Crippen LogP contribution in [0.5, 0.6) is 0 Å². The summed E-state index contributed by atoms with van der Waals surface area (Å²) >= 11 is 0. The van der Waals surface area contributed by atoms with Gasteiger partial charge in [-0.25, -0.2) is 4.79 Å². The van der Waals surface area contributed by atoms with Crippen molar-refractivity contribution >= 4 is 11.9 Å². The van der Waals surface area contributed by atoms with Crippen LogP contribution in [-0.4, -0.2) is 30.6 Å². The number of carbonyl (C=O) groups excluding carboxylic acids is 2. The van der Waals surface area contributed by atoms with Gasteiger partial charge >= 0.3 is 5.97 Å². The Kier molecular flexibility index (Phi) is 6.59. The van der Waals surface area contributed by atoms with Crippen LogP contribution in [0.1, 0.15) is 55.5 Å². The first-order valence-electron chi connectivity index (χ1n) is 8.21. The van der Waals surface area contributed by atoms with Gasteiger partial charge in [-0.3, -0.25) is 4.79 Å². The molecule has 1 aliphatic carbocycles. The summed E-state index contributed by atoms with van der Waals surface area (Å²) in [6.45, 7) is 4.23. The molecule has 0 aromatic heterocycles. The van der Waals surface area contributed by atoms with Crippen LogP contribution in [0.3, 0.4) is 0 Å². The van der Waals surface area contributed by atoms with Gasteiger partial charge in [-0.1, -0.05) is 25.0 Å². The number of nitrogens with one attached hydrogen (secondary N) is 1. The van der Waals surface area contributed by atoms with E-state index in [9.17, 15) is 9.59 Å². The molecule has 23 heavy (non-hydrogen) atoms. The van der Waals surface area contributed by atoms with Gasteiger partial charge in [0.25, 0.3) is 5.91 Å². The van der Waals surface area contributed by atoms with Crippen LogP contribution in [0.15, 0.2) is 24.3 Å².